The molecule has 1 aliphatic rings. The summed E-state index contributed by atoms with van der Waals surface area (Å²) in [7, 11) is 1.32. The minimum Gasteiger partial charge on any atom is -0.493 e. The van der Waals surface area contributed by atoms with Crippen LogP contribution in [0.5, 0.6) is 11.5 Å². The first-order valence-corrected chi connectivity index (χ1v) is 8.51. The molecular weight excluding hydrogens is 362 g/mol. The molecule has 0 saturated carbocycles. The molecule has 0 bridgehead atoms. The van der Waals surface area contributed by atoms with E-state index in [4.69, 9.17) is 9.47 Å². The minimum atomic E-state index is -3.03. The van der Waals surface area contributed by atoms with Crippen LogP contribution in [0.3, 0.4) is 0 Å². The zero-order chi connectivity index (χ0) is 20.2. The fourth-order valence-electron chi connectivity index (χ4n) is 2.60. The maximum atomic E-state index is 12.7. The lowest BCUT2D eigenvalue weighted by molar-refractivity contribution is -0.0512. The number of halogens is 2. The summed E-state index contributed by atoms with van der Waals surface area (Å²) >= 11 is 0. The lowest BCUT2D eigenvalue weighted by Crippen LogP contribution is -2.51. The van der Waals surface area contributed by atoms with Crippen molar-refractivity contribution in [1.82, 2.24) is 9.80 Å². The number of hydrogen-bond donors (Lipinski definition) is 0. The van der Waals surface area contributed by atoms with E-state index in [1.807, 2.05) is 0 Å². The molecule has 1 fully saturated rings. The van der Waals surface area contributed by atoms with Crippen LogP contribution in [0.1, 0.15) is 31.1 Å². The molecule has 1 aliphatic heterocycles. The molecule has 0 spiro atoms. The van der Waals surface area contributed by atoms with Crippen molar-refractivity contribution in [1.29, 1.82) is 0 Å². The van der Waals surface area contributed by atoms with Gasteiger partial charge in [0.15, 0.2) is 11.5 Å². The standard InChI is InChI=1S/C18H24F2N2O5/c1-18(2,3)27-17(24)22-9-7-21(8-10-22)15(23)12-5-6-13(25-4)14(11-12)26-16(19)20/h5-6,11,16H,7-10H2,1-4H3. The molecule has 0 radical (unpaired) electrons. The molecule has 7 nitrogen and oxygen atoms in total. The third kappa shape index (κ3) is 5.70. The number of alkyl halides is 2. The number of carbonyl (C=O) groups is 2. The first kappa shape index (κ1) is 20.7. The fraction of sp³-hybridized carbons (Fsp3) is 0.556. The maximum Gasteiger partial charge on any atom is 0.410 e. The number of amides is 2. The molecule has 1 aromatic carbocycles. The van der Waals surface area contributed by atoms with Gasteiger partial charge >= 0.3 is 12.7 Å². The number of piperazine rings is 1. The second-order valence-corrected chi connectivity index (χ2v) is 7.00. The van der Waals surface area contributed by atoms with Gasteiger partial charge in [-0.3, -0.25) is 4.79 Å². The summed E-state index contributed by atoms with van der Waals surface area (Å²) < 4.78 is 39.8. The van der Waals surface area contributed by atoms with Gasteiger partial charge in [0.2, 0.25) is 0 Å². The molecule has 150 valence electrons. The number of methoxy groups -OCH3 is 1. The third-order valence-corrected chi connectivity index (χ3v) is 3.85. The summed E-state index contributed by atoms with van der Waals surface area (Å²) in [4.78, 5) is 27.8. The van der Waals surface area contributed by atoms with Crippen molar-refractivity contribution in [3.8, 4) is 11.5 Å². The van der Waals surface area contributed by atoms with Crippen LogP contribution in [0, 0.1) is 0 Å². The normalized spacial score (nSPS) is 14.9. The van der Waals surface area contributed by atoms with Gasteiger partial charge in [-0.1, -0.05) is 0 Å². The van der Waals surface area contributed by atoms with Crippen molar-refractivity contribution in [2.24, 2.45) is 0 Å². The van der Waals surface area contributed by atoms with Gasteiger partial charge in [-0.05, 0) is 39.0 Å². The highest BCUT2D eigenvalue weighted by Crippen LogP contribution is 2.30. The summed E-state index contributed by atoms with van der Waals surface area (Å²) in [5.41, 5.74) is -0.383. The van der Waals surface area contributed by atoms with E-state index in [1.54, 1.807) is 25.7 Å². The van der Waals surface area contributed by atoms with Crippen molar-refractivity contribution in [3.05, 3.63) is 23.8 Å². The number of carbonyl (C=O) groups excluding carboxylic acids is 2. The Bertz CT molecular complexity index is 683. The van der Waals surface area contributed by atoms with Gasteiger partial charge in [-0.2, -0.15) is 8.78 Å². The van der Waals surface area contributed by atoms with E-state index >= 15 is 0 Å². The lowest BCUT2D eigenvalue weighted by atomic mass is 10.1. The van der Waals surface area contributed by atoms with Crippen LogP contribution in [0.4, 0.5) is 13.6 Å². The van der Waals surface area contributed by atoms with E-state index in [2.05, 4.69) is 4.74 Å². The Kier molecular flexibility index (Phi) is 6.45. The Morgan fingerprint density at radius 2 is 1.63 bits per heavy atom. The first-order chi connectivity index (χ1) is 12.6. The largest absolute Gasteiger partial charge is 0.493 e. The molecule has 1 heterocycles. The van der Waals surface area contributed by atoms with Crippen molar-refractivity contribution < 1.29 is 32.6 Å². The van der Waals surface area contributed by atoms with E-state index in [9.17, 15) is 18.4 Å². The first-order valence-electron chi connectivity index (χ1n) is 8.51. The van der Waals surface area contributed by atoms with Crippen molar-refractivity contribution in [3.63, 3.8) is 0 Å². The molecule has 0 N–H and O–H groups in total. The van der Waals surface area contributed by atoms with Crippen LogP contribution in [-0.4, -0.2) is 67.3 Å². The summed E-state index contributed by atoms with van der Waals surface area (Å²) in [6.45, 7) is 3.62. The van der Waals surface area contributed by atoms with Crippen LogP contribution < -0.4 is 9.47 Å². The topological polar surface area (TPSA) is 68.3 Å². The van der Waals surface area contributed by atoms with Gasteiger partial charge in [0, 0.05) is 31.7 Å². The van der Waals surface area contributed by atoms with Crippen molar-refractivity contribution in [2.75, 3.05) is 33.3 Å². The summed E-state index contributed by atoms with van der Waals surface area (Å²) in [5.74, 6) is -0.423. The van der Waals surface area contributed by atoms with E-state index in [0.717, 1.165) is 0 Å². The Morgan fingerprint density at radius 3 is 2.15 bits per heavy atom. The van der Waals surface area contributed by atoms with Crippen LogP contribution >= 0.6 is 0 Å². The second-order valence-electron chi connectivity index (χ2n) is 7.00. The highest BCUT2D eigenvalue weighted by Gasteiger charge is 2.28. The highest BCUT2D eigenvalue weighted by molar-refractivity contribution is 5.95. The molecule has 2 amide bonds. The van der Waals surface area contributed by atoms with Gasteiger partial charge in [0.1, 0.15) is 5.60 Å². The molecule has 0 atom stereocenters. The summed E-state index contributed by atoms with van der Waals surface area (Å²) in [6, 6.07) is 4.12. The molecule has 2 rings (SSSR count). The van der Waals surface area contributed by atoms with Crippen molar-refractivity contribution >= 4 is 12.0 Å². The molecule has 0 aliphatic carbocycles. The molecule has 9 heteroatoms. The Hall–Kier alpha value is -2.58. The van der Waals surface area contributed by atoms with Gasteiger partial charge in [-0.15, -0.1) is 0 Å². The lowest BCUT2D eigenvalue weighted by Gasteiger charge is -2.35. The molecule has 0 unspecified atom stereocenters. The van der Waals surface area contributed by atoms with Gasteiger partial charge in [0.25, 0.3) is 5.91 Å². The summed E-state index contributed by atoms with van der Waals surface area (Å²) in [5, 5.41) is 0. The van der Waals surface area contributed by atoms with Crippen LogP contribution in [0.15, 0.2) is 18.2 Å². The number of nitrogens with zero attached hydrogens (tertiary/aromatic N) is 2. The zero-order valence-corrected chi connectivity index (χ0v) is 15.8. The average Bonchev–Trinajstić information content (AvgIpc) is 2.59. The minimum absolute atomic E-state index is 0.113. The number of benzene rings is 1. The molecule has 0 aromatic heterocycles. The predicted molar refractivity (Wildman–Crippen MR) is 93.3 cm³/mol. The molecular formula is C18H24F2N2O5. The Labute approximate surface area is 156 Å². The Morgan fingerprint density at radius 1 is 1.04 bits per heavy atom. The average molecular weight is 386 g/mol. The van der Waals surface area contributed by atoms with E-state index in [0.29, 0.717) is 26.2 Å². The molecule has 1 aromatic rings. The SMILES string of the molecule is COc1ccc(C(=O)N2CCN(C(=O)OC(C)(C)C)CC2)cc1OC(F)F. The van der Waals surface area contributed by atoms with E-state index in [1.165, 1.54) is 30.2 Å². The van der Waals surface area contributed by atoms with Crippen molar-refractivity contribution in [2.45, 2.75) is 33.0 Å². The van der Waals surface area contributed by atoms with Gasteiger partial charge in [-0.25, -0.2) is 4.79 Å². The smallest absolute Gasteiger partial charge is 0.410 e. The van der Waals surface area contributed by atoms with Gasteiger partial charge < -0.3 is 24.0 Å². The predicted octanol–water partition coefficient (Wildman–Crippen LogP) is 2.99. The fourth-order valence-corrected chi connectivity index (χ4v) is 2.60. The van der Waals surface area contributed by atoms with E-state index < -0.39 is 18.3 Å². The number of ether oxygens (including phenoxy) is 3. The monoisotopic (exact) mass is 386 g/mol. The quantitative estimate of drug-likeness (QED) is 0.796. The van der Waals surface area contributed by atoms with E-state index in [-0.39, 0.29) is 23.0 Å². The Balaban J connectivity index is 2.02. The second kappa shape index (κ2) is 8.41. The third-order valence-electron chi connectivity index (χ3n) is 3.85. The van der Waals surface area contributed by atoms with Gasteiger partial charge in [0.05, 0.1) is 7.11 Å². The highest BCUT2D eigenvalue weighted by atomic mass is 19.3. The number of hydrogen-bond acceptors (Lipinski definition) is 5. The van der Waals surface area contributed by atoms with Crippen LogP contribution in [-0.2, 0) is 4.74 Å². The van der Waals surface area contributed by atoms with Crippen LogP contribution in [0.25, 0.3) is 0 Å². The molecule has 27 heavy (non-hydrogen) atoms. The summed E-state index contributed by atoms with van der Waals surface area (Å²) in [6.07, 6.45) is -0.424. The zero-order valence-electron chi connectivity index (χ0n) is 15.8. The maximum absolute atomic E-state index is 12.7. The number of rotatable bonds is 4. The molecule has 1 saturated heterocycles. The van der Waals surface area contributed by atoms with Crippen LogP contribution in [0.2, 0.25) is 0 Å².